The molecular formula is C14H22O4. The SMILES string of the molecule is CCOC(=O)CCCCCCC1=C[C@@H](O)CC1=O. The maximum absolute atomic E-state index is 11.4. The van der Waals surface area contributed by atoms with Gasteiger partial charge in [0.2, 0.25) is 0 Å². The van der Waals surface area contributed by atoms with Crippen LogP contribution in [0.3, 0.4) is 0 Å². The van der Waals surface area contributed by atoms with Gasteiger partial charge in [-0.25, -0.2) is 0 Å². The Balaban J connectivity index is 2.01. The molecule has 1 N–H and O–H groups in total. The lowest BCUT2D eigenvalue weighted by atomic mass is 10.0. The maximum atomic E-state index is 11.4. The van der Waals surface area contributed by atoms with Crippen molar-refractivity contribution in [3.05, 3.63) is 11.6 Å². The van der Waals surface area contributed by atoms with Gasteiger partial charge in [-0.15, -0.1) is 0 Å². The van der Waals surface area contributed by atoms with Crippen molar-refractivity contribution >= 4 is 11.8 Å². The van der Waals surface area contributed by atoms with Crippen LogP contribution >= 0.6 is 0 Å². The number of carbonyl (C=O) groups is 2. The molecule has 0 aromatic rings. The second-order valence-corrected chi connectivity index (χ2v) is 4.61. The molecular weight excluding hydrogens is 232 g/mol. The highest BCUT2D eigenvalue weighted by atomic mass is 16.5. The standard InChI is InChI=1S/C14H22O4/c1-2-18-14(17)8-6-4-3-5-7-11-9-12(15)10-13(11)16/h9,12,15H,2-8,10H2,1H3/t12-/m1/s1. The predicted molar refractivity (Wildman–Crippen MR) is 68.0 cm³/mol. The van der Waals surface area contributed by atoms with E-state index in [1.54, 1.807) is 13.0 Å². The fourth-order valence-electron chi connectivity index (χ4n) is 2.10. The van der Waals surface area contributed by atoms with Crippen molar-refractivity contribution in [2.75, 3.05) is 6.61 Å². The fourth-order valence-corrected chi connectivity index (χ4v) is 2.10. The van der Waals surface area contributed by atoms with E-state index in [1.165, 1.54) is 0 Å². The van der Waals surface area contributed by atoms with Gasteiger partial charge in [-0.1, -0.05) is 12.8 Å². The normalized spacial score (nSPS) is 18.9. The van der Waals surface area contributed by atoms with Crippen LogP contribution in [0, 0.1) is 0 Å². The number of Topliss-reactive ketones (excluding diaryl/α,β-unsaturated/α-hetero) is 1. The monoisotopic (exact) mass is 254 g/mol. The minimum atomic E-state index is -0.573. The maximum Gasteiger partial charge on any atom is 0.305 e. The molecule has 0 bridgehead atoms. The highest BCUT2D eigenvalue weighted by molar-refractivity contribution is 5.98. The van der Waals surface area contributed by atoms with Crippen molar-refractivity contribution < 1.29 is 19.4 Å². The molecule has 0 fully saturated rings. The number of ether oxygens (including phenoxy) is 1. The third-order valence-electron chi connectivity index (χ3n) is 3.03. The van der Waals surface area contributed by atoms with E-state index in [2.05, 4.69) is 0 Å². The highest BCUT2D eigenvalue weighted by Crippen LogP contribution is 2.20. The van der Waals surface area contributed by atoms with Crippen molar-refractivity contribution in [2.45, 2.75) is 58.0 Å². The Hall–Kier alpha value is -1.16. The van der Waals surface area contributed by atoms with Gasteiger partial charge in [0, 0.05) is 12.8 Å². The Morgan fingerprint density at radius 1 is 1.39 bits per heavy atom. The van der Waals surface area contributed by atoms with E-state index >= 15 is 0 Å². The average molecular weight is 254 g/mol. The first-order chi connectivity index (χ1) is 8.63. The summed E-state index contributed by atoms with van der Waals surface area (Å²) in [6.07, 6.45) is 6.32. The molecule has 4 nitrogen and oxygen atoms in total. The van der Waals surface area contributed by atoms with E-state index in [9.17, 15) is 14.7 Å². The molecule has 102 valence electrons. The smallest absolute Gasteiger partial charge is 0.305 e. The van der Waals surface area contributed by atoms with Crippen molar-refractivity contribution in [2.24, 2.45) is 0 Å². The molecule has 0 heterocycles. The van der Waals surface area contributed by atoms with Crippen LogP contribution in [0.5, 0.6) is 0 Å². The van der Waals surface area contributed by atoms with Crippen LogP contribution < -0.4 is 0 Å². The predicted octanol–water partition coefficient (Wildman–Crippen LogP) is 2.15. The summed E-state index contributed by atoms with van der Waals surface area (Å²) in [4.78, 5) is 22.4. The average Bonchev–Trinajstić information content (AvgIpc) is 2.62. The summed E-state index contributed by atoms with van der Waals surface area (Å²) in [6.45, 7) is 2.25. The number of hydrogen-bond donors (Lipinski definition) is 1. The Kier molecular flexibility index (Phi) is 6.65. The van der Waals surface area contributed by atoms with Crippen molar-refractivity contribution in [3.63, 3.8) is 0 Å². The van der Waals surface area contributed by atoms with Gasteiger partial charge in [0.1, 0.15) is 0 Å². The molecule has 0 spiro atoms. The van der Waals surface area contributed by atoms with Gasteiger partial charge in [-0.3, -0.25) is 9.59 Å². The number of aliphatic hydroxyl groups excluding tert-OH is 1. The quantitative estimate of drug-likeness (QED) is 0.532. The number of aliphatic hydroxyl groups is 1. The van der Waals surface area contributed by atoms with E-state index in [4.69, 9.17) is 4.74 Å². The van der Waals surface area contributed by atoms with E-state index in [0.717, 1.165) is 37.7 Å². The summed E-state index contributed by atoms with van der Waals surface area (Å²) in [5.41, 5.74) is 0.771. The Morgan fingerprint density at radius 2 is 2.11 bits per heavy atom. The largest absolute Gasteiger partial charge is 0.466 e. The first-order valence-electron chi connectivity index (χ1n) is 6.71. The first-order valence-corrected chi connectivity index (χ1v) is 6.71. The van der Waals surface area contributed by atoms with Crippen molar-refractivity contribution in [3.8, 4) is 0 Å². The van der Waals surface area contributed by atoms with Crippen LogP contribution in [0.4, 0.5) is 0 Å². The van der Waals surface area contributed by atoms with Crippen molar-refractivity contribution in [1.82, 2.24) is 0 Å². The lowest BCUT2D eigenvalue weighted by Gasteiger charge is -2.02. The van der Waals surface area contributed by atoms with Gasteiger partial charge in [0.05, 0.1) is 12.7 Å². The molecule has 1 atom stereocenters. The summed E-state index contributed by atoms with van der Waals surface area (Å²) < 4.78 is 4.84. The Labute approximate surface area is 108 Å². The van der Waals surface area contributed by atoms with Crippen LogP contribution in [-0.2, 0) is 14.3 Å². The van der Waals surface area contributed by atoms with Crippen molar-refractivity contribution in [1.29, 1.82) is 0 Å². The van der Waals surface area contributed by atoms with Gasteiger partial charge in [-0.05, 0) is 37.8 Å². The lowest BCUT2D eigenvalue weighted by molar-refractivity contribution is -0.143. The summed E-state index contributed by atoms with van der Waals surface area (Å²) in [7, 11) is 0. The molecule has 0 saturated heterocycles. The number of rotatable bonds is 8. The third kappa shape index (κ3) is 5.45. The van der Waals surface area contributed by atoms with Crippen LogP contribution in [0.2, 0.25) is 0 Å². The molecule has 0 saturated carbocycles. The van der Waals surface area contributed by atoms with Gasteiger partial charge >= 0.3 is 5.97 Å². The minimum absolute atomic E-state index is 0.0778. The third-order valence-corrected chi connectivity index (χ3v) is 3.03. The Bertz CT molecular complexity index is 320. The van der Waals surface area contributed by atoms with E-state index in [1.807, 2.05) is 0 Å². The molecule has 1 rings (SSSR count). The zero-order valence-corrected chi connectivity index (χ0v) is 11.0. The zero-order valence-electron chi connectivity index (χ0n) is 11.0. The van der Waals surface area contributed by atoms with Gasteiger partial charge in [-0.2, -0.15) is 0 Å². The van der Waals surface area contributed by atoms with E-state index in [0.29, 0.717) is 13.0 Å². The number of hydrogen-bond acceptors (Lipinski definition) is 4. The molecule has 0 aliphatic heterocycles. The van der Waals surface area contributed by atoms with Crippen LogP contribution in [0.15, 0.2) is 11.6 Å². The molecule has 0 unspecified atom stereocenters. The first kappa shape index (κ1) is 14.9. The molecule has 0 aromatic carbocycles. The highest BCUT2D eigenvalue weighted by Gasteiger charge is 2.21. The minimum Gasteiger partial charge on any atom is -0.466 e. The summed E-state index contributed by atoms with van der Waals surface area (Å²) in [5, 5.41) is 9.27. The molecule has 0 radical (unpaired) electrons. The molecule has 1 aliphatic rings. The fraction of sp³-hybridized carbons (Fsp3) is 0.714. The second kappa shape index (κ2) is 8.03. The van der Waals surface area contributed by atoms with Gasteiger partial charge < -0.3 is 9.84 Å². The summed E-state index contributed by atoms with van der Waals surface area (Å²) >= 11 is 0. The number of ketones is 1. The molecule has 0 amide bonds. The topological polar surface area (TPSA) is 63.6 Å². The van der Waals surface area contributed by atoms with Gasteiger partial charge in [0.15, 0.2) is 5.78 Å². The molecule has 1 aliphatic carbocycles. The molecule has 4 heteroatoms. The van der Waals surface area contributed by atoms with Gasteiger partial charge in [0.25, 0.3) is 0 Å². The number of carbonyl (C=O) groups excluding carboxylic acids is 2. The number of esters is 1. The van der Waals surface area contributed by atoms with Crippen LogP contribution in [-0.4, -0.2) is 29.6 Å². The molecule has 18 heavy (non-hydrogen) atoms. The van der Waals surface area contributed by atoms with E-state index in [-0.39, 0.29) is 18.2 Å². The number of unbranched alkanes of at least 4 members (excludes halogenated alkanes) is 3. The second-order valence-electron chi connectivity index (χ2n) is 4.61. The van der Waals surface area contributed by atoms with Crippen LogP contribution in [0.25, 0.3) is 0 Å². The summed E-state index contributed by atoms with van der Waals surface area (Å²) in [6, 6.07) is 0. The zero-order chi connectivity index (χ0) is 13.4. The summed E-state index contributed by atoms with van der Waals surface area (Å²) in [5.74, 6) is -0.0525. The number of allylic oxidation sites excluding steroid dienone is 1. The van der Waals surface area contributed by atoms with Crippen LogP contribution in [0.1, 0.15) is 51.9 Å². The molecule has 0 aromatic heterocycles. The van der Waals surface area contributed by atoms with E-state index < -0.39 is 6.10 Å². The Morgan fingerprint density at radius 3 is 2.72 bits per heavy atom. The lowest BCUT2D eigenvalue weighted by Crippen LogP contribution is -2.03.